The van der Waals surface area contributed by atoms with E-state index in [1.807, 2.05) is 0 Å². The van der Waals surface area contributed by atoms with Gasteiger partial charge in [0.1, 0.15) is 17.2 Å². The van der Waals surface area contributed by atoms with Crippen molar-refractivity contribution in [3.05, 3.63) is 59.2 Å². The summed E-state index contributed by atoms with van der Waals surface area (Å²) in [4.78, 5) is 3.59. The van der Waals surface area contributed by atoms with Gasteiger partial charge in [-0.25, -0.2) is 13.8 Å². The Morgan fingerprint density at radius 1 is 1.08 bits per heavy atom. The van der Waals surface area contributed by atoms with Crippen LogP contribution >= 0.6 is 0 Å². The minimum Gasteiger partial charge on any atom is -0.369 e. The van der Waals surface area contributed by atoms with Crippen LogP contribution in [0.3, 0.4) is 0 Å². The zero-order valence-corrected chi connectivity index (χ0v) is 12.5. The molecule has 0 spiro atoms. The molecule has 1 atom stereocenters. The lowest BCUT2D eigenvalue weighted by atomic mass is 9.93. The van der Waals surface area contributed by atoms with Crippen LogP contribution in [0.5, 0.6) is 0 Å². The molecule has 25 heavy (non-hydrogen) atoms. The predicted molar refractivity (Wildman–Crippen MR) is 80.6 cm³/mol. The number of hydrogen-bond acceptors (Lipinski definition) is 5. The molecule has 5 nitrogen and oxygen atoms in total. The van der Waals surface area contributed by atoms with E-state index in [4.69, 9.17) is 11.5 Å². The van der Waals surface area contributed by atoms with Crippen molar-refractivity contribution < 1.29 is 22.0 Å². The maximum absolute atomic E-state index is 14.8. The first-order valence-electron chi connectivity index (χ1n) is 6.96. The van der Waals surface area contributed by atoms with E-state index in [0.717, 1.165) is 0 Å². The van der Waals surface area contributed by atoms with Crippen LogP contribution in [0.1, 0.15) is 11.1 Å². The third-order valence-electron chi connectivity index (χ3n) is 3.65. The molecule has 0 saturated heterocycles. The van der Waals surface area contributed by atoms with Gasteiger partial charge >= 0.3 is 6.18 Å². The van der Waals surface area contributed by atoms with Crippen molar-refractivity contribution >= 4 is 5.96 Å². The summed E-state index contributed by atoms with van der Waals surface area (Å²) in [5.74, 6) is -5.47. The minimum absolute atomic E-state index is 0.121. The van der Waals surface area contributed by atoms with Crippen molar-refractivity contribution in [3.8, 4) is 11.1 Å². The van der Waals surface area contributed by atoms with Crippen molar-refractivity contribution in [1.29, 1.82) is 0 Å². The minimum atomic E-state index is -5.16. The molecule has 0 radical (unpaired) electrons. The van der Waals surface area contributed by atoms with Gasteiger partial charge in [0.25, 0.3) is 0 Å². The normalized spacial score (nSPS) is 20.3. The van der Waals surface area contributed by atoms with Crippen molar-refractivity contribution in [2.24, 2.45) is 16.5 Å². The SMILES string of the molecule is NC1=NC(N)(c2cc(F)c(-c3ccccc3)c(C(F)(F)F)c2F)NN1. The van der Waals surface area contributed by atoms with E-state index < -0.39 is 40.3 Å². The highest BCUT2D eigenvalue weighted by molar-refractivity contribution is 5.79. The maximum atomic E-state index is 14.8. The van der Waals surface area contributed by atoms with E-state index >= 15 is 0 Å². The summed E-state index contributed by atoms with van der Waals surface area (Å²) >= 11 is 0. The third kappa shape index (κ3) is 2.89. The van der Waals surface area contributed by atoms with Crippen LogP contribution in [0.4, 0.5) is 22.0 Å². The molecule has 1 unspecified atom stereocenters. The fraction of sp³-hybridized carbons (Fsp3) is 0.133. The Kier molecular flexibility index (Phi) is 3.88. The molecule has 2 aromatic rings. The van der Waals surface area contributed by atoms with E-state index in [2.05, 4.69) is 15.8 Å². The number of nitrogens with zero attached hydrogens (tertiary/aromatic N) is 1. The Hall–Kier alpha value is -2.72. The van der Waals surface area contributed by atoms with E-state index in [-0.39, 0.29) is 11.5 Å². The molecule has 1 aliphatic rings. The van der Waals surface area contributed by atoms with Gasteiger partial charge in [-0.1, -0.05) is 30.3 Å². The summed E-state index contributed by atoms with van der Waals surface area (Å²) in [6.45, 7) is 0. The number of hydrogen-bond donors (Lipinski definition) is 4. The second-order valence-corrected chi connectivity index (χ2v) is 5.35. The van der Waals surface area contributed by atoms with Crippen LogP contribution in [0.2, 0.25) is 0 Å². The molecule has 1 heterocycles. The van der Waals surface area contributed by atoms with Crippen LogP contribution < -0.4 is 22.3 Å². The lowest BCUT2D eigenvalue weighted by Crippen LogP contribution is -2.51. The van der Waals surface area contributed by atoms with Gasteiger partial charge in [0, 0.05) is 5.56 Å². The van der Waals surface area contributed by atoms with Crippen molar-refractivity contribution in [3.63, 3.8) is 0 Å². The number of halogens is 5. The second-order valence-electron chi connectivity index (χ2n) is 5.35. The summed E-state index contributed by atoms with van der Waals surface area (Å²) in [6, 6.07) is 7.44. The van der Waals surface area contributed by atoms with Gasteiger partial charge in [-0.05, 0) is 11.6 Å². The molecule has 2 aromatic carbocycles. The third-order valence-corrected chi connectivity index (χ3v) is 3.65. The molecule has 0 aliphatic carbocycles. The highest BCUT2D eigenvalue weighted by Crippen LogP contribution is 2.43. The fourth-order valence-corrected chi connectivity index (χ4v) is 2.59. The zero-order chi connectivity index (χ0) is 18.4. The van der Waals surface area contributed by atoms with Crippen molar-refractivity contribution in [2.75, 3.05) is 0 Å². The number of aliphatic imine (C=N–C) groups is 1. The molecule has 0 fully saturated rings. The van der Waals surface area contributed by atoms with E-state index in [1.165, 1.54) is 24.3 Å². The first-order valence-corrected chi connectivity index (χ1v) is 6.96. The number of guanidine groups is 1. The van der Waals surface area contributed by atoms with Crippen LogP contribution in [0.25, 0.3) is 11.1 Å². The van der Waals surface area contributed by atoms with Gasteiger partial charge < -0.3 is 5.73 Å². The average molecular weight is 357 g/mol. The smallest absolute Gasteiger partial charge is 0.369 e. The average Bonchev–Trinajstić information content (AvgIpc) is 2.88. The highest BCUT2D eigenvalue weighted by atomic mass is 19.4. The van der Waals surface area contributed by atoms with Gasteiger partial charge in [-0.2, -0.15) is 18.6 Å². The quantitative estimate of drug-likeness (QED) is 0.620. The van der Waals surface area contributed by atoms with Gasteiger partial charge in [-0.15, -0.1) is 0 Å². The summed E-state index contributed by atoms with van der Waals surface area (Å²) in [6.07, 6.45) is -5.16. The van der Waals surface area contributed by atoms with Gasteiger partial charge in [0.15, 0.2) is 0 Å². The maximum Gasteiger partial charge on any atom is 0.419 e. The lowest BCUT2D eigenvalue weighted by Gasteiger charge is -2.25. The molecule has 0 amide bonds. The van der Waals surface area contributed by atoms with Crippen LogP contribution in [0.15, 0.2) is 41.4 Å². The Bertz CT molecular complexity index is 850. The number of rotatable bonds is 2. The topological polar surface area (TPSA) is 88.5 Å². The summed E-state index contributed by atoms with van der Waals surface area (Å²) < 4.78 is 69.8. The van der Waals surface area contributed by atoms with Crippen LogP contribution in [-0.4, -0.2) is 5.96 Å². The largest absolute Gasteiger partial charge is 0.419 e. The zero-order valence-electron chi connectivity index (χ0n) is 12.5. The fourth-order valence-electron chi connectivity index (χ4n) is 2.59. The Labute approximate surface area is 138 Å². The molecule has 6 N–H and O–H groups in total. The van der Waals surface area contributed by atoms with Gasteiger partial charge in [0.05, 0.1) is 5.56 Å². The van der Waals surface area contributed by atoms with E-state index in [9.17, 15) is 22.0 Å². The van der Waals surface area contributed by atoms with Crippen LogP contribution in [-0.2, 0) is 12.0 Å². The molecule has 0 saturated carbocycles. The van der Waals surface area contributed by atoms with E-state index in [0.29, 0.717) is 6.07 Å². The number of benzene rings is 2. The van der Waals surface area contributed by atoms with Crippen LogP contribution in [0, 0.1) is 11.6 Å². The number of nitrogens with two attached hydrogens (primary N) is 2. The standard InChI is InChI=1S/C15H12F5N5/c16-9-6-8(15(22)23-13(21)24-25-15)12(17)11(14(18,19)20)10(9)7-4-2-1-3-5-7/h1-6,25H,22H2,(H3,21,23,24). The molecule has 0 aromatic heterocycles. The predicted octanol–water partition coefficient (Wildman–Crippen LogP) is 2.14. The molecule has 10 heteroatoms. The Balaban J connectivity index is 2.32. The highest BCUT2D eigenvalue weighted by Gasteiger charge is 2.44. The number of nitrogens with one attached hydrogen (secondary N) is 2. The van der Waals surface area contributed by atoms with Gasteiger partial charge in [-0.3, -0.25) is 11.2 Å². The summed E-state index contributed by atoms with van der Waals surface area (Å²) in [5, 5.41) is 0. The second kappa shape index (κ2) is 5.67. The lowest BCUT2D eigenvalue weighted by molar-refractivity contribution is -0.139. The Morgan fingerprint density at radius 3 is 2.24 bits per heavy atom. The Morgan fingerprint density at radius 2 is 1.72 bits per heavy atom. The summed E-state index contributed by atoms with van der Waals surface area (Å²) in [7, 11) is 0. The molecule has 132 valence electrons. The first kappa shape index (κ1) is 17.1. The molecule has 3 rings (SSSR count). The molecular formula is C15H12F5N5. The summed E-state index contributed by atoms with van der Waals surface area (Å²) in [5.41, 5.74) is 11.9. The molecule has 1 aliphatic heterocycles. The van der Waals surface area contributed by atoms with E-state index in [1.54, 1.807) is 6.07 Å². The first-order chi connectivity index (χ1) is 11.6. The monoisotopic (exact) mass is 357 g/mol. The number of hydrazine groups is 1. The molecular weight excluding hydrogens is 345 g/mol. The van der Waals surface area contributed by atoms with Crippen molar-refractivity contribution in [2.45, 2.75) is 12.0 Å². The molecule has 0 bridgehead atoms. The number of alkyl halides is 3. The van der Waals surface area contributed by atoms with Gasteiger partial charge in [0.2, 0.25) is 11.7 Å². The van der Waals surface area contributed by atoms with Crippen molar-refractivity contribution in [1.82, 2.24) is 10.9 Å².